The molecule has 1 fully saturated rings. The van der Waals surface area contributed by atoms with Gasteiger partial charge in [0.15, 0.2) is 0 Å². The van der Waals surface area contributed by atoms with E-state index in [0.717, 1.165) is 14.6 Å². The molecule has 2 aliphatic heterocycles. The van der Waals surface area contributed by atoms with E-state index in [0.29, 0.717) is 23.6 Å². The maximum absolute atomic E-state index is 14.1. The third-order valence-electron chi connectivity index (χ3n) is 7.47. The first-order valence-electron chi connectivity index (χ1n) is 13.0. The standard InChI is InChI=1S/C29H27BrN4O5S/c1-2-39-27-19-31-28(35)33(22-11-7-4-8-12-22)29(36)34(31)26-17-25(20-9-5-3-6-10-20)32(18-24(26)27)40(37,38)23-15-13-21(30)14-16-23/h3-16,25-26H,2,17-19H2,1H3/t25-,26?/m0/s1. The maximum atomic E-state index is 14.1. The van der Waals surface area contributed by atoms with Gasteiger partial charge in [0.2, 0.25) is 10.0 Å². The van der Waals surface area contributed by atoms with Crippen LogP contribution in [0.1, 0.15) is 31.0 Å². The van der Waals surface area contributed by atoms with Gasteiger partial charge in [0.1, 0.15) is 12.3 Å². The van der Waals surface area contributed by atoms with Crippen LogP contribution in [0.25, 0.3) is 5.69 Å². The number of sulfonamides is 1. The van der Waals surface area contributed by atoms with Crippen molar-refractivity contribution in [3.8, 4) is 5.69 Å². The van der Waals surface area contributed by atoms with Crippen molar-refractivity contribution in [2.45, 2.75) is 36.9 Å². The van der Waals surface area contributed by atoms with Gasteiger partial charge < -0.3 is 4.74 Å². The van der Waals surface area contributed by atoms with E-state index in [4.69, 9.17) is 4.74 Å². The van der Waals surface area contributed by atoms with Crippen molar-refractivity contribution in [2.75, 3.05) is 13.2 Å². The number of hydrogen-bond donors (Lipinski definition) is 0. The molecule has 3 aromatic carbocycles. The molecular formula is C29H27BrN4O5S. The summed E-state index contributed by atoms with van der Waals surface area (Å²) in [6.07, 6.45) is 0.254. The lowest BCUT2D eigenvalue weighted by atomic mass is 9.89. The lowest BCUT2D eigenvalue weighted by Crippen LogP contribution is -2.48. The lowest BCUT2D eigenvalue weighted by Gasteiger charge is -2.43. The second-order valence-corrected chi connectivity index (χ2v) is 12.5. The first-order chi connectivity index (χ1) is 19.3. The van der Waals surface area contributed by atoms with E-state index in [1.54, 1.807) is 48.5 Å². The third-order valence-corrected chi connectivity index (χ3v) is 9.86. The van der Waals surface area contributed by atoms with Gasteiger partial charge in [-0.1, -0.05) is 64.5 Å². The minimum absolute atomic E-state index is 0.0229. The third kappa shape index (κ3) is 4.38. The Hall–Kier alpha value is -3.67. The smallest absolute Gasteiger partial charge is 0.352 e. The summed E-state index contributed by atoms with van der Waals surface area (Å²) >= 11 is 3.38. The van der Waals surface area contributed by atoms with Gasteiger partial charge in [-0.25, -0.2) is 31.9 Å². The molecule has 4 aromatic rings. The van der Waals surface area contributed by atoms with Gasteiger partial charge in [-0.3, -0.25) is 0 Å². The second-order valence-electron chi connectivity index (χ2n) is 9.70. The molecule has 1 saturated heterocycles. The molecule has 2 aliphatic rings. The van der Waals surface area contributed by atoms with Crippen LogP contribution in [0.5, 0.6) is 0 Å². The molecule has 0 bridgehead atoms. The van der Waals surface area contributed by atoms with Crippen LogP contribution in [0.4, 0.5) is 0 Å². The van der Waals surface area contributed by atoms with Crippen LogP contribution < -0.4 is 11.4 Å². The Bertz CT molecular complexity index is 1810. The van der Waals surface area contributed by atoms with Crippen LogP contribution in [0.3, 0.4) is 0 Å². The fourth-order valence-corrected chi connectivity index (χ4v) is 7.50. The molecule has 1 unspecified atom stereocenters. The number of fused-ring (bicyclic) bond motifs is 3. The number of benzene rings is 3. The van der Waals surface area contributed by atoms with Crippen LogP contribution >= 0.6 is 15.9 Å². The van der Waals surface area contributed by atoms with Crippen molar-refractivity contribution >= 4 is 26.0 Å². The molecule has 2 atom stereocenters. The SMILES string of the molecule is CCOC1=C2CN(S(=O)(=O)c3ccc(Br)cc3)[C@H](c3ccccc3)CC2n2c(=O)n(-c3ccccc3)c(=O)n2C1. The van der Waals surface area contributed by atoms with E-state index < -0.39 is 33.5 Å². The number of aromatic nitrogens is 3. The molecule has 9 nitrogen and oxygen atoms in total. The van der Waals surface area contributed by atoms with Gasteiger partial charge in [-0.2, -0.15) is 4.31 Å². The molecule has 11 heteroatoms. The average Bonchev–Trinajstić information content (AvgIpc) is 3.22. The molecule has 206 valence electrons. The van der Waals surface area contributed by atoms with E-state index in [2.05, 4.69) is 15.9 Å². The summed E-state index contributed by atoms with van der Waals surface area (Å²) in [4.78, 5) is 27.6. The van der Waals surface area contributed by atoms with Crippen molar-refractivity contribution in [1.29, 1.82) is 0 Å². The molecule has 0 radical (unpaired) electrons. The number of piperidine rings is 1. The molecule has 0 N–H and O–H groups in total. The highest BCUT2D eigenvalue weighted by atomic mass is 79.9. The van der Waals surface area contributed by atoms with Crippen LogP contribution in [0, 0.1) is 0 Å². The number of halogens is 1. The van der Waals surface area contributed by atoms with E-state index >= 15 is 0 Å². The summed E-state index contributed by atoms with van der Waals surface area (Å²) in [7, 11) is -3.94. The summed E-state index contributed by atoms with van der Waals surface area (Å²) in [6, 6.07) is 23.6. The predicted molar refractivity (Wildman–Crippen MR) is 154 cm³/mol. The van der Waals surface area contributed by atoms with Gasteiger partial charge in [0, 0.05) is 16.6 Å². The zero-order chi connectivity index (χ0) is 28.0. The largest absolute Gasteiger partial charge is 0.496 e. The van der Waals surface area contributed by atoms with E-state index in [-0.39, 0.29) is 24.4 Å². The molecule has 3 heterocycles. The quantitative estimate of drug-likeness (QED) is 0.320. The molecule has 40 heavy (non-hydrogen) atoms. The topological polar surface area (TPSA) is 95.5 Å². The zero-order valence-corrected chi connectivity index (χ0v) is 24.1. The lowest BCUT2D eigenvalue weighted by molar-refractivity contribution is 0.148. The molecular weight excluding hydrogens is 596 g/mol. The maximum Gasteiger partial charge on any atom is 0.352 e. The Morgan fingerprint density at radius 1 is 0.850 bits per heavy atom. The number of hydrogen-bond acceptors (Lipinski definition) is 5. The fourth-order valence-electron chi connectivity index (χ4n) is 5.64. The minimum atomic E-state index is -3.94. The minimum Gasteiger partial charge on any atom is -0.496 e. The Balaban J connectivity index is 1.53. The summed E-state index contributed by atoms with van der Waals surface area (Å²) in [5.74, 6) is 0.516. The van der Waals surface area contributed by atoms with Crippen molar-refractivity contribution in [1.82, 2.24) is 18.2 Å². The monoisotopic (exact) mass is 622 g/mol. The first-order valence-corrected chi connectivity index (χ1v) is 15.2. The van der Waals surface area contributed by atoms with Crippen LogP contribution in [0.15, 0.2) is 115 Å². The average molecular weight is 624 g/mol. The summed E-state index contributed by atoms with van der Waals surface area (Å²) in [6.45, 7) is 2.24. The number of ether oxygens (including phenoxy) is 1. The highest BCUT2D eigenvalue weighted by molar-refractivity contribution is 9.10. The molecule has 6 rings (SSSR count). The number of nitrogens with zero attached hydrogens (tertiary/aromatic N) is 4. The highest BCUT2D eigenvalue weighted by Gasteiger charge is 2.45. The summed E-state index contributed by atoms with van der Waals surface area (Å²) in [5, 5.41) is 0. The van der Waals surface area contributed by atoms with Gasteiger partial charge in [-0.05, 0) is 55.3 Å². The Morgan fingerprint density at radius 3 is 2.15 bits per heavy atom. The van der Waals surface area contributed by atoms with Gasteiger partial charge in [-0.15, -0.1) is 0 Å². The van der Waals surface area contributed by atoms with Gasteiger partial charge in [0.05, 0.1) is 29.3 Å². The molecule has 0 amide bonds. The van der Waals surface area contributed by atoms with Crippen LogP contribution in [-0.4, -0.2) is 39.8 Å². The molecule has 0 aliphatic carbocycles. The van der Waals surface area contributed by atoms with Crippen molar-refractivity contribution in [2.24, 2.45) is 0 Å². The second kappa shape index (κ2) is 10.4. The zero-order valence-electron chi connectivity index (χ0n) is 21.7. The summed E-state index contributed by atoms with van der Waals surface area (Å²) < 4.78 is 40.5. The van der Waals surface area contributed by atoms with Gasteiger partial charge in [0.25, 0.3) is 0 Å². The first kappa shape index (κ1) is 26.5. The highest BCUT2D eigenvalue weighted by Crippen LogP contribution is 2.44. The van der Waals surface area contributed by atoms with Crippen molar-refractivity contribution < 1.29 is 13.2 Å². The van der Waals surface area contributed by atoms with Gasteiger partial charge >= 0.3 is 11.4 Å². The number of para-hydroxylation sites is 1. The summed E-state index contributed by atoms with van der Waals surface area (Å²) in [5.41, 5.74) is 1.03. The molecule has 0 saturated carbocycles. The fraction of sp³-hybridized carbons (Fsp3) is 0.241. The van der Waals surface area contributed by atoms with Crippen molar-refractivity contribution in [3.05, 3.63) is 127 Å². The van der Waals surface area contributed by atoms with Crippen LogP contribution in [-0.2, 0) is 21.3 Å². The van der Waals surface area contributed by atoms with Crippen molar-refractivity contribution in [3.63, 3.8) is 0 Å². The van der Waals surface area contributed by atoms with E-state index in [1.165, 1.54) is 13.7 Å². The number of allylic oxidation sites excluding steroid dienone is 1. The Morgan fingerprint density at radius 2 is 1.50 bits per heavy atom. The Labute approximate surface area is 239 Å². The number of rotatable bonds is 6. The molecule has 1 aromatic heterocycles. The van der Waals surface area contributed by atoms with Crippen LogP contribution in [0.2, 0.25) is 0 Å². The normalized spacial score (nSPS) is 19.2. The molecule has 0 spiro atoms. The predicted octanol–water partition coefficient (Wildman–Crippen LogP) is 4.24. The van der Waals surface area contributed by atoms with E-state index in [9.17, 15) is 18.0 Å². The van der Waals surface area contributed by atoms with E-state index in [1.807, 2.05) is 43.3 Å². The Kier molecular flexibility index (Phi) is 6.89.